The second kappa shape index (κ2) is 4.09. The Morgan fingerprint density at radius 2 is 1.74 bits per heavy atom. The summed E-state index contributed by atoms with van der Waals surface area (Å²) in [5, 5.41) is 0.774. The maximum Gasteiger partial charge on any atom is 0.274 e. The topological polar surface area (TPSA) is 26.9 Å². The SMILES string of the molecule is Cn1cc(-c2ccccc2F)c2ccn(C)c2c1=O. The van der Waals surface area contributed by atoms with Crippen LogP contribution in [-0.4, -0.2) is 9.13 Å². The molecule has 0 bridgehead atoms. The Kier molecular flexibility index (Phi) is 2.52. The molecule has 0 aliphatic rings. The third-order valence-electron chi connectivity index (χ3n) is 3.37. The molecule has 3 nitrogen and oxygen atoms in total. The fourth-order valence-electron chi connectivity index (χ4n) is 2.40. The van der Waals surface area contributed by atoms with Gasteiger partial charge in [0.2, 0.25) is 0 Å². The zero-order valence-electron chi connectivity index (χ0n) is 10.7. The fraction of sp³-hybridized carbons (Fsp3) is 0.133. The smallest absolute Gasteiger partial charge is 0.274 e. The first kappa shape index (κ1) is 11.7. The fourth-order valence-corrected chi connectivity index (χ4v) is 2.40. The minimum absolute atomic E-state index is 0.0809. The number of hydrogen-bond acceptors (Lipinski definition) is 1. The van der Waals surface area contributed by atoms with E-state index in [0.717, 1.165) is 10.9 Å². The average molecular weight is 256 g/mol. The molecular formula is C15H13FN2O. The monoisotopic (exact) mass is 256 g/mol. The molecule has 19 heavy (non-hydrogen) atoms. The molecule has 4 heteroatoms. The summed E-state index contributed by atoms with van der Waals surface area (Å²) in [5.41, 5.74) is 1.75. The van der Waals surface area contributed by atoms with Crippen molar-refractivity contribution in [2.24, 2.45) is 14.1 Å². The van der Waals surface area contributed by atoms with Gasteiger partial charge in [-0.2, -0.15) is 0 Å². The number of benzene rings is 1. The minimum atomic E-state index is -0.286. The van der Waals surface area contributed by atoms with E-state index in [1.54, 1.807) is 36.0 Å². The molecule has 0 radical (unpaired) electrons. The van der Waals surface area contributed by atoms with Gasteiger partial charge in [-0.15, -0.1) is 0 Å². The van der Waals surface area contributed by atoms with Crippen LogP contribution in [0, 0.1) is 5.82 Å². The zero-order valence-corrected chi connectivity index (χ0v) is 10.7. The number of nitrogens with zero attached hydrogens (tertiary/aromatic N) is 2. The van der Waals surface area contributed by atoms with Crippen LogP contribution in [0.2, 0.25) is 0 Å². The molecule has 3 rings (SSSR count). The standard InChI is InChI=1S/C15H13FN2O/c1-17-8-7-11-12(9-18(2)15(19)14(11)17)10-5-3-4-6-13(10)16/h3-9H,1-2H3. The molecule has 0 fully saturated rings. The van der Waals surface area contributed by atoms with E-state index < -0.39 is 0 Å². The number of aromatic nitrogens is 2. The molecule has 0 unspecified atom stereocenters. The Morgan fingerprint density at radius 3 is 2.47 bits per heavy atom. The number of pyridine rings is 1. The van der Waals surface area contributed by atoms with E-state index in [4.69, 9.17) is 0 Å². The van der Waals surface area contributed by atoms with E-state index in [1.165, 1.54) is 10.6 Å². The molecule has 0 N–H and O–H groups in total. The Hall–Kier alpha value is -2.36. The average Bonchev–Trinajstić information content (AvgIpc) is 2.77. The van der Waals surface area contributed by atoms with Gasteiger partial charge in [0, 0.05) is 43.0 Å². The minimum Gasteiger partial charge on any atom is -0.346 e. The van der Waals surface area contributed by atoms with Gasteiger partial charge in [-0.25, -0.2) is 4.39 Å². The van der Waals surface area contributed by atoms with Crippen molar-refractivity contribution >= 4 is 10.9 Å². The van der Waals surface area contributed by atoms with Gasteiger partial charge >= 0.3 is 0 Å². The molecule has 0 spiro atoms. The highest BCUT2D eigenvalue weighted by Crippen LogP contribution is 2.28. The molecule has 0 saturated heterocycles. The number of fused-ring (bicyclic) bond motifs is 1. The summed E-state index contributed by atoms with van der Waals surface area (Å²) in [6, 6.07) is 8.44. The van der Waals surface area contributed by atoms with E-state index in [9.17, 15) is 9.18 Å². The maximum absolute atomic E-state index is 13.9. The highest BCUT2D eigenvalue weighted by Gasteiger charge is 2.13. The van der Waals surface area contributed by atoms with Gasteiger partial charge < -0.3 is 9.13 Å². The largest absolute Gasteiger partial charge is 0.346 e. The summed E-state index contributed by atoms with van der Waals surface area (Å²) in [5.74, 6) is -0.286. The lowest BCUT2D eigenvalue weighted by Crippen LogP contribution is -2.18. The van der Waals surface area contributed by atoms with Crippen molar-refractivity contribution in [1.82, 2.24) is 9.13 Å². The Balaban J connectivity index is 2.47. The first-order valence-corrected chi connectivity index (χ1v) is 5.99. The number of rotatable bonds is 1. The second-order valence-electron chi connectivity index (χ2n) is 4.63. The summed E-state index contributed by atoms with van der Waals surface area (Å²) >= 11 is 0. The van der Waals surface area contributed by atoms with Crippen molar-refractivity contribution in [3.63, 3.8) is 0 Å². The van der Waals surface area contributed by atoms with Gasteiger partial charge in [0.15, 0.2) is 0 Å². The predicted molar refractivity (Wildman–Crippen MR) is 73.6 cm³/mol. The van der Waals surface area contributed by atoms with E-state index >= 15 is 0 Å². The quantitative estimate of drug-likeness (QED) is 0.657. The van der Waals surface area contributed by atoms with Crippen LogP contribution in [0.3, 0.4) is 0 Å². The normalized spacial score (nSPS) is 11.1. The van der Waals surface area contributed by atoms with Crippen molar-refractivity contribution < 1.29 is 4.39 Å². The maximum atomic E-state index is 13.9. The van der Waals surface area contributed by atoms with Gasteiger partial charge in [-0.05, 0) is 12.1 Å². The highest BCUT2D eigenvalue weighted by atomic mass is 19.1. The molecule has 1 aromatic carbocycles. The van der Waals surface area contributed by atoms with Crippen LogP contribution >= 0.6 is 0 Å². The molecule has 3 aromatic rings. The molecule has 0 aliphatic carbocycles. The molecule has 2 aromatic heterocycles. The van der Waals surface area contributed by atoms with E-state index in [2.05, 4.69) is 0 Å². The molecular weight excluding hydrogens is 243 g/mol. The van der Waals surface area contributed by atoms with Crippen LogP contribution in [-0.2, 0) is 14.1 Å². The number of aryl methyl sites for hydroxylation is 2. The van der Waals surface area contributed by atoms with Crippen molar-refractivity contribution in [3.05, 3.63) is 58.9 Å². The van der Waals surface area contributed by atoms with Crippen molar-refractivity contribution in [2.75, 3.05) is 0 Å². The second-order valence-corrected chi connectivity index (χ2v) is 4.63. The van der Waals surface area contributed by atoms with Gasteiger partial charge in [0.1, 0.15) is 11.3 Å². The van der Waals surface area contributed by atoms with E-state index in [1.807, 2.05) is 19.3 Å². The van der Waals surface area contributed by atoms with Crippen LogP contribution in [0.5, 0.6) is 0 Å². The lowest BCUT2D eigenvalue weighted by Gasteiger charge is -2.08. The van der Waals surface area contributed by atoms with Gasteiger partial charge in [-0.1, -0.05) is 18.2 Å². The summed E-state index contributed by atoms with van der Waals surface area (Å²) < 4.78 is 17.2. The summed E-state index contributed by atoms with van der Waals surface area (Å²) in [7, 11) is 3.49. The Labute approximate surface area is 109 Å². The molecule has 0 aliphatic heterocycles. The van der Waals surface area contributed by atoms with Crippen LogP contribution in [0.15, 0.2) is 47.5 Å². The van der Waals surface area contributed by atoms with Gasteiger partial charge in [0.25, 0.3) is 5.56 Å². The van der Waals surface area contributed by atoms with E-state index in [-0.39, 0.29) is 11.4 Å². The molecule has 0 atom stereocenters. The summed E-state index contributed by atoms with van der Waals surface area (Å²) in [6.07, 6.45) is 3.50. The number of halogens is 1. The highest BCUT2D eigenvalue weighted by molar-refractivity contribution is 5.94. The van der Waals surface area contributed by atoms with Crippen molar-refractivity contribution in [3.8, 4) is 11.1 Å². The first-order valence-electron chi connectivity index (χ1n) is 5.99. The summed E-state index contributed by atoms with van der Waals surface area (Å²) in [4.78, 5) is 12.1. The van der Waals surface area contributed by atoms with Crippen LogP contribution in [0.25, 0.3) is 22.0 Å². The van der Waals surface area contributed by atoms with Crippen LogP contribution < -0.4 is 5.56 Å². The Morgan fingerprint density at radius 1 is 1.00 bits per heavy atom. The first-order chi connectivity index (χ1) is 9.09. The third-order valence-corrected chi connectivity index (χ3v) is 3.37. The lowest BCUT2D eigenvalue weighted by atomic mass is 10.0. The zero-order chi connectivity index (χ0) is 13.6. The van der Waals surface area contributed by atoms with Crippen molar-refractivity contribution in [2.45, 2.75) is 0 Å². The summed E-state index contributed by atoms with van der Waals surface area (Å²) in [6.45, 7) is 0. The van der Waals surface area contributed by atoms with Gasteiger partial charge in [-0.3, -0.25) is 4.79 Å². The molecule has 0 amide bonds. The number of hydrogen-bond donors (Lipinski definition) is 0. The van der Waals surface area contributed by atoms with Crippen LogP contribution in [0.1, 0.15) is 0 Å². The molecule has 0 saturated carbocycles. The van der Waals surface area contributed by atoms with E-state index in [0.29, 0.717) is 11.1 Å². The molecule has 2 heterocycles. The van der Waals surface area contributed by atoms with Gasteiger partial charge in [0.05, 0.1) is 0 Å². The van der Waals surface area contributed by atoms with Crippen molar-refractivity contribution in [1.29, 1.82) is 0 Å². The predicted octanol–water partition coefficient (Wildman–Crippen LogP) is 2.68. The molecule has 96 valence electrons. The van der Waals surface area contributed by atoms with Crippen LogP contribution in [0.4, 0.5) is 4.39 Å². The lowest BCUT2D eigenvalue weighted by molar-refractivity contribution is 0.631. The Bertz CT molecular complexity index is 830. The third kappa shape index (κ3) is 1.68.